The van der Waals surface area contributed by atoms with Gasteiger partial charge < -0.3 is 15.2 Å². The number of nitrogens with one attached hydrogen (secondary N) is 1. The minimum absolute atomic E-state index is 0.0496. The number of para-hydroxylation sites is 2. The Balaban J connectivity index is 1.94. The molecule has 0 saturated heterocycles. The number of carboxylic acids is 1. The van der Waals surface area contributed by atoms with Gasteiger partial charge in [-0.15, -0.1) is 0 Å². The maximum atomic E-state index is 12.4. The van der Waals surface area contributed by atoms with Crippen LogP contribution in [0.5, 0.6) is 5.75 Å². The van der Waals surface area contributed by atoms with Gasteiger partial charge in [-0.3, -0.25) is 9.59 Å². The summed E-state index contributed by atoms with van der Waals surface area (Å²) in [4.78, 5) is 23.0. The maximum absolute atomic E-state index is 12.4. The lowest BCUT2D eigenvalue weighted by atomic mass is 10.0. The van der Waals surface area contributed by atoms with Crippen LogP contribution in [0.3, 0.4) is 0 Å². The van der Waals surface area contributed by atoms with Crippen LogP contribution in [0.25, 0.3) is 6.08 Å². The van der Waals surface area contributed by atoms with Crippen LogP contribution < -0.4 is 10.1 Å². The van der Waals surface area contributed by atoms with E-state index in [0.717, 1.165) is 17.5 Å². The Morgan fingerprint density at radius 3 is 2.63 bits per heavy atom. The molecule has 0 unspecified atom stereocenters. The van der Waals surface area contributed by atoms with Crippen molar-refractivity contribution in [1.29, 1.82) is 0 Å². The number of aryl methyl sites for hydroxylation is 2. The lowest BCUT2D eigenvalue weighted by molar-refractivity contribution is -0.137. The van der Waals surface area contributed by atoms with Crippen LogP contribution in [-0.4, -0.2) is 23.6 Å². The number of amides is 1. The van der Waals surface area contributed by atoms with E-state index >= 15 is 0 Å². The highest BCUT2D eigenvalue weighted by Gasteiger charge is 2.06. The molecule has 0 aliphatic heterocycles. The van der Waals surface area contributed by atoms with Crippen molar-refractivity contribution in [2.24, 2.45) is 0 Å². The molecule has 2 aromatic rings. The number of benzene rings is 2. The van der Waals surface area contributed by atoms with E-state index in [1.807, 2.05) is 18.2 Å². The minimum atomic E-state index is -0.852. The molecule has 160 valence electrons. The second-order valence-electron chi connectivity index (χ2n) is 7.31. The van der Waals surface area contributed by atoms with Crippen molar-refractivity contribution in [2.75, 3.05) is 11.9 Å². The van der Waals surface area contributed by atoms with E-state index in [0.29, 0.717) is 17.9 Å². The molecule has 5 nitrogen and oxygen atoms in total. The number of rotatable bonds is 12. The molecular weight excluding hydrogens is 378 g/mol. The number of hydrogen-bond acceptors (Lipinski definition) is 3. The topological polar surface area (TPSA) is 75.6 Å². The van der Waals surface area contributed by atoms with Gasteiger partial charge in [0.2, 0.25) is 5.91 Å². The van der Waals surface area contributed by atoms with Gasteiger partial charge in [0.05, 0.1) is 12.3 Å². The zero-order chi connectivity index (χ0) is 21.8. The first kappa shape index (κ1) is 23.2. The quantitative estimate of drug-likeness (QED) is 0.352. The maximum Gasteiger partial charge on any atom is 0.303 e. The van der Waals surface area contributed by atoms with Gasteiger partial charge in [-0.2, -0.15) is 0 Å². The number of hydrogen-bond donors (Lipinski definition) is 2. The van der Waals surface area contributed by atoms with Gasteiger partial charge in [-0.1, -0.05) is 50.1 Å². The van der Waals surface area contributed by atoms with Crippen molar-refractivity contribution in [3.8, 4) is 5.75 Å². The molecule has 2 N–H and O–H groups in total. The first-order chi connectivity index (χ1) is 14.5. The number of carboxylic acid groups (broad SMARTS) is 1. The molecule has 0 radical (unpaired) electrons. The summed E-state index contributed by atoms with van der Waals surface area (Å²) in [5.74, 6) is -0.574. The Kier molecular flexibility index (Phi) is 9.65. The van der Waals surface area contributed by atoms with Crippen LogP contribution in [0.2, 0.25) is 0 Å². The first-order valence-electron chi connectivity index (χ1n) is 10.5. The van der Waals surface area contributed by atoms with Gasteiger partial charge in [0, 0.05) is 12.5 Å². The van der Waals surface area contributed by atoms with Gasteiger partial charge in [-0.25, -0.2) is 0 Å². The summed E-state index contributed by atoms with van der Waals surface area (Å²) in [5, 5.41) is 11.5. The summed E-state index contributed by atoms with van der Waals surface area (Å²) in [6.45, 7) is 4.54. The highest BCUT2D eigenvalue weighted by Crippen LogP contribution is 2.24. The second-order valence-corrected chi connectivity index (χ2v) is 7.31. The molecule has 0 spiro atoms. The van der Waals surface area contributed by atoms with Crippen LogP contribution in [0.15, 0.2) is 48.5 Å². The average molecular weight is 410 g/mol. The fourth-order valence-electron chi connectivity index (χ4n) is 3.10. The highest BCUT2D eigenvalue weighted by molar-refractivity contribution is 6.02. The Bertz CT molecular complexity index is 873. The van der Waals surface area contributed by atoms with Crippen LogP contribution in [-0.2, 0) is 16.0 Å². The summed E-state index contributed by atoms with van der Waals surface area (Å²) in [7, 11) is 0. The van der Waals surface area contributed by atoms with Gasteiger partial charge >= 0.3 is 5.97 Å². The monoisotopic (exact) mass is 409 g/mol. The summed E-state index contributed by atoms with van der Waals surface area (Å²) in [5.41, 5.74) is 4.06. The van der Waals surface area contributed by atoms with E-state index in [2.05, 4.69) is 37.4 Å². The third-order valence-corrected chi connectivity index (χ3v) is 4.75. The van der Waals surface area contributed by atoms with E-state index in [9.17, 15) is 9.59 Å². The normalized spacial score (nSPS) is 10.9. The predicted molar refractivity (Wildman–Crippen MR) is 121 cm³/mol. The number of carbonyl (C=O) groups excluding carboxylic acids is 1. The minimum Gasteiger partial charge on any atom is -0.491 e. The number of aliphatic carboxylic acids is 1. The molecule has 1 amide bonds. The zero-order valence-electron chi connectivity index (χ0n) is 17.8. The van der Waals surface area contributed by atoms with Crippen molar-refractivity contribution in [2.45, 2.75) is 52.4 Å². The lowest BCUT2D eigenvalue weighted by Gasteiger charge is -2.11. The van der Waals surface area contributed by atoms with E-state index in [4.69, 9.17) is 9.84 Å². The predicted octanol–water partition coefficient (Wildman–Crippen LogP) is 5.62. The summed E-state index contributed by atoms with van der Waals surface area (Å²) < 4.78 is 5.62. The SMILES string of the molecule is CCCCCc1ccc(/C=C/C(=O)Nc2ccccc2OCCCC(=O)O)c(C)c1. The molecule has 0 atom stereocenters. The second kappa shape index (κ2) is 12.5. The average Bonchev–Trinajstić information content (AvgIpc) is 2.72. The Labute approximate surface area is 178 Å². The zero-order valence-corrected chi connectivity index (χ0v) is 17.8. The lowest BCUT2D eigenvalue weighted by Crippen LogP contribution is -2.10. The molecule has 0 aliphatic carbocycles. The molecule has 2 aromatic carbocycles. The van der Waals surface area contributed by atoms with E-state index < -0.39 is 5.97 Å². The first-order valence-corrected chi connectivity index (χ1v) is 10.5. The van der Waals surface area contributed by atoms with Gasteiger partial charge in [0.15, 0.2) is 0 Å². The van der Waals surface area contributed by atoms with Crippen molar-refractivity contribution in [3.63, 3.8) is 0 Å². The summed E-state index contributed by atoms with van der Waals surface area (Å²) in [6, 6.07) is 13.5. The highest BCUT2D eigenvalue weighted by atomic mass is 16.5. The Hall–Kier alpha value is -3.08. The van der Waals surface area contributed by atoms with Crippen molar-refractivity contribution in [1.82, 2.24) is 0 Å². The largest absolute Gasteiger partial charge is 0.491 e. The molecule has 0 aromatic heterocycles. The fourth-order valence-corrected chi connectivity index (χ4v) is 3.10. The Morgan fingerprint density at radius 1 is 1.10 bits per heavy atom. The summed E-state index contributed by atoms with van der Waals surface area (Å²) in [6.07, 6.45) is 8.53. The third-order valence-electron chi connectivity index (χ3n) is 4.75. The molecular formula is C25H31NO4. The van der Waals surface area contributed by atoms with Gasteiger partial charge in [0.25, 0.3) is 0 Å². The smallest absolute Gasteiger partial charge is 0.303 e. The van der Waals surface area contributed by atoms with E-state index in [1.165, 1.54) is 30.9 Å². The molecule has 0 bridgehead atoms. The fraction of sp³-hybridized carbons (Fsp3) is 0.360. The number of unbranched alkanes of at least 4 members (excludes halogenated alkanes) is 2. The van der Waals surface area contributed by atoms with Crippen molar-refractivity contribution < 1.29 is 19.4 Å². The third kappa shape index (κ3) is 8.11. The molecule has 30 heavy (non-hydrogen) atoms. The van der Waals surface area contributed by atoms with Gasteiger partial charge in [0.1, 0.15) is 5.75 Å². The number of anilines is 1. The van der Waals surface area contributed by atoms with Crippen LogP contribution in [0, 0.1) is 6.92 Å². The molecule has 5 heteroatoms. The van der Waals surface area contributed by atoms with Crippen LogP contribution in [0.4, 0.5) is 5.69 Å². The number of ether oxygens (including phenoxy) is 1. The molecule has 0 saturated carbocycles. The van der Waals surface area contributed by atoms with Gasteiger partial charge in [-0.05, 0) is 61.1 Å². The standard InChI is InChI=1S/C25H31NO4/c1-3-4-5-9-20-13-14-21(19(2)18-20)15-16-24(27)26-22-10-6-7-11-23(22)30-17-8-12-25(28)29/h6-7,10-11,13-16,18H,3-5,8-9,12,17H2,1-2H3,(H,26,27)(H,28,29)/b16-15+. The van der Waals surface area contributed by atoms with E-state index in [-0.39, 0.29) is 18.9 Å². The van der Waals surface area contributed by atoms with Crippen LogP contribution >= 0.6 is 0 Å². The van der Waals surface area contributed by atoms with E-state index in [1.54, 1.807) is 12.1 Å². The van der Waals surface area contributed by atoms with Crippen molar-refractivity contribution in [3.05, 3.63) is 65.2 Å². The molecule has 0 fully saturated rings. The van der Waals surface area contributed by atoms with Crippen LogP contribution in [0.1, 0.15) is 55.7 Å². The molecule has 0 aliphatic rings. The summed E-state index contributed by atoms with van der Waals surface area (Å²) >= 11 is 0. The number of carbonyl (C=O) groups is 2. The van der Waals surface area contributed by atoms with Crippen molar-refractivity contribution >= 4 is 23.6 Å². The Morgan fingerprint density at radius 2 is 1.90 bits per heavy atom. The molecule has 2 rings (SSSR count). The molecule has 0 heterocycles.